The van der Waals surface area contributed by atoms with Crippen molar-refractivity contribution >= 4 is 29.2 Å². The fraction of sp³-hybridized carbons (Fsp3) is 0.227. The highest BCUT2D eigenvalue weighted by Gasteiger charge is 2.33. The SMILES string of the molecule is CN(C(=O)c1ccc(NC(=O)[C@@H]2CC=CC[C@@H]2C(=O)O)cc1)c1ccccc1. The number of amides is 2. The molecule has 144 valence electrons. The van der Waals surface area contributed by atoms with E-state index in [2.05, 4.69) is 5.32 Å². The van der Waals surface area contributed by atoms with Gasteiger partial charge in [0.15, 0.2) is 0 Å². The van der Waals surface area contributed by atoms with Crippen molar-refractivity contribution in [1.29, 1.82) is 0 Å². The monoisotopic (exact) mass is 378 g/mol. The van der Waals surface area contributed by atoms with Crippen molar-refractivity contribution in [1.82, 2.24) is 0 Å². The number of nitrogens with one attached hydrogen (secondary N) is 1. The number of hydrogen-bond donors (Lipinski definition) is 2. The number of anilines is 2. The molecule has 6 heteroatoms. The van der Waals surface area contributed by atoms with Crippen molar-refractivity contribution in [3.8, 4) is 0 Å². The second-order valence-electron chi connectivity index (χ2n) is 6.76. The maximum absolute atomic E-state index is 12.6. The van der Waals surface area contributed by atoms with Gasteiger partial charge in [-0.1, -0.05) is 30.4 Å². The zero-order valence-corrected chi connectivity index (χ0v) is 15.5. The molecule has 0 saturated heterocycles. The number of nitrogens with zero attached hydrogens (tertiary/aromatic N) is 1. The molecule has 0 aliphatic heterocycles. The first-order chi connectivity index (χ1) is 13.5. The third kappa shape index (κ3) is 4.28. The summed E-state index contributed by atoms with van der Waals surface area (Å²) >= 11 is 0. The summed E-state index contributed by atoms with van der Waals surface area (Å²) in [6.07, 6.45) is 4.39. The van der Waals surface area contributed by atoms with E-state index in [1.165, 1.54) is 0 Å². The fourth-order valence-electron chi connectivity index (χ4n) is 3.27. The molecule has 2 amide bonds. The first kappa shape index (κ1) is 19.4. The van der Waals surface area contributed by atoms with Crippen LogP contribution in [-0.2, 0) is 9.59 Å². The number of rotatable bonds is 5. The quantitative estimate of drug-likeness (QED) is 0.779. The number of carbonyl (C=O) groups excluding carboxylic acids is 2. The molecule has 0 bridgehead atoms. The molecule has 6 nitrogen and oxygen atoms in total. The van der Waals surface area contributed by atoms with Crippen molar-refractivity contribution < 1.29 is 19.5 Å². The average molecular weight is 378 g/mol. The third-order valence-corrected chi connectivity index (χ3v) is 4.93. The molecule has 0 saturated carbocycles. The van der Waals surface area contributed by atoms with Gasteiger partial charge in [0.25, 0.3) is 5.91 Å². The molecule has 0 heterocycles. The van der Waals surface area contributed by atoms with Crippen LogP contribution < -0.4 is 10.2 Å². The zero-order valence-electron chi connectivity index (χ0n) is 15.5. The van der Waals surface area contributed by atoms with Gasteiger partial charge in [0.2, 0.25) is 5.91 Å². The molecule has 0 unspecified atom stereocenters. The Morgan fingerprint density at radius 2 is 1.54 bits per heavy atom. The van der Waals surface area contributed by atoms with Gasteiger partial charge in [0.05, 0.1) is 11.8 Å². The van der Waals surface area contributed by atoms with Crippen LogP contribution in [0, 0.1) is 11.8 Å². The standard InChI is InChI=1S/C22H22N2O4/c1-24(17-7-3-2-4-8-17)21(26)15-11-13-16(14-12-15)23-20(25)18-9-5-6-10-19(18)22(27)28/h2-8,11-14,18-19H,9-10H2,1H3,(H,23,25)(H,27,28)/t18-,19+/m1/s1. The molecule has 0 spiro atoms. The number of allylic oxidation sites excluding steroid dienone is 2. The highest BCUT2D eigenvalue weighted by molar-refractivity contribution is 6.06. The molecule has 2 atom stereocenters. The van der Waals surface area contributed by atoms with Crippen LogP contribution in [0.2, 0.25) is 0 Å². The minimum absolute atomic E-state index is 0.160. The molecule has 28 heavy (non-hydrogen) atoms. The number of carboxylic acid groups (broad SMARTS) is 1. The molecule has 3 rings (SSSR count). The number of para-hydroxylation sites is 1. The summed E-state index contributed by atoms with van der Waals surface area (Å²) < 4.78 is 0. The summed E-state index contributed by atoms with van der Waals surface area (Å²) in [5.41, 5.74) is 1.81. The topological polar surface area (TPSA) is 86.7 Å². The third-order valence-electron chi connectivity index (χ3n) is 4.93. The lowest BCUT2D eigenvalue weighted by Gasteiger charge is -2.24. The highest BCUT2D eigenvalue weighted by atomic mass is 16.4. The smallest absolute Gasteiger partial charge is 0.307 e. The van der Waals surface area contributed by atoms with E-state index in [9.17, 15) is 19.5 Å². The van der Waals surface area contributed by atoms with Gasteiger partial charge in [-0.25, -0.2) is 0 Å². The predicted molar refractivity (Wildman–Crippen MR) is 107 cm³/mol. The Labute approximate surface area is 163 Å². The predicted octanol–water partition coefficient (Wildman–Crippen LogP) is 3.57. The molecule has 1 aliphatic rings. The second kappa shape index (κ2) is 8.52. The minimum Gasteiger partial charge on any atom is -0.481 e. The van der Waals surface area contributed by atoms with E-state index in [1.807, 2.05) is 36.4 Å². The largest absolute Gasteiger partial charge is 0.481 e. The average Bonchev–Trinajstić information content (AvgIpc) is 2.73. The number of aliphatic carboxylic acids is 1. The van der Waals surface area contributed by atoms with E-state index in [0.717, 1.165) is 5.69 Å². The first-order valence-electron chi connectivity index (χ1n) is 9.09. The maximum atomic E-state index is 12.6. The normalized spacial score (nSPS) is 18.3. The Kier molecular flexibility index (Phi) is 5.89. The summed E-state index contributed by atoms with van der Waals surface area (Å²) in [4.78, 5) is 38.0. The van der Waals surface area contributed by atoms with Crippen molar-refractivity contribution in [3.63, 3.8) is 0 Å². The van der Waals surface area contributed by atoms with Crippen LogP contribution in [0.3, 0.4) is 0 Å². The van der Waals surface area contributed by atoms with Gasteiger partial charge in [-0.3, -0.25) is 14.4 Å². The van der Waals surface area contributed by atoms with E-state index in [0.29, 0.717) is 24.1 Å². The molecule has 0 fully saturated rings. The number of carboxylic acids is 1. The molecule has 2 aromatic rings. The summed E-state index contributed by atoms with van der Waals surface area (Å²) in [5.74, 6) is -2.77. The van der Waals surface area contributed by atoms with Gasteiger partial charge in [-0.15, -0.1) is 0 Å². The summed E-state index contributed by atoms with van der Waals surface area (Å²) in [6.45, 7) is 0. The molecule has 0 radical (unpaired) electrons. The second-order valence-corrected chi connectivity index (χ2v) is 6.76. The maximum Gasteiger partial charge on any atom is 0.307 e. The van der Waals surface area contributed by atoms with Crippen molar-refractivity contribution in [3.05, 3.63) is 72.3 Å². The van der Waals surface area contributed by atoms with Crippen LogP contribution in [0.25, 0.3) is 0 Å². The Balaban J connectivity index is 1.67. The van der Waals surface area contributed by atoms with Crippen LogP contribution >= 0.6 is 0 Å². The molecule has 2 N–H and O–H groups in total. The van der Waals surface area contributed by atoms with Crippen LogP contribution in [0.4, 0.5) is 11.4 Å². The molecular weight excluding hydrogens is 356 g/mol. The van der Waals surface area contributed by atoms with Gasteiger partial charge in [-0.2, -0.15) is 0 Å². The summed E-state index contributed by atoms with van der Waals surface area (Å²) in [5, 5.41) is 12.1. The zero-order chi connectivity index (χ0) is 20.1. The van der Waals surface area contributed by atoms with Crippen LogP contribution in [-0.4, -0.2) is 29.9 Å². The van der Waals surface area contributed by atoms with Gasteiger partial charge in [0, 0.05) is 24.0 Å². The highest BCUT2D eigenvalue weighted by Crippen LogP contribution is 2.27. The minimum atomic E-state index is -0.964. The Bertz CT molecular complexity index is 891. The van der Waals surface area contributed by atoms with Crippen LogP contribution in [0.1, 0.15) is 23.2 Å². The first-order valence-corrected chi connectivity index (χ1v) is 9.09. The molecule has 1 aliphatic carbocycles. The van der Waals surface area contributed by atoms with Crippen molar-refractivity contribution in [2.45, 2.75) is 12.8 Å². The van der Waals surface area contributed by atoms with Gasteiger partial charge in [0.1, 0.15) is 0 Å². The molecular formula is C22H22N2O4. The Morgan fingerprint density at radius 3 is 2.14 bits per heavy atom. The lowest BCUT2D eigenvalue weighted by atomic mass is 9.82. The number of hydrogen-bond acceptors (Lipinski definition) is 3. The van der Waals surface area contributed by atoms with Gasteiger partial charge in [-0.05, 0) is 49.2 Å². The Hall–Kier alpha value is -3.41. The van der Waals surface area contributed by atoms with Crippen LogP contribution in [0.15, 0.2) is 66.7 Å². The van der Waals surface area contributed by atoms with Gasteiger partial charge >= 0.3 is 5.97 Å². The van der Waals surface area contributed by atoms with Crippen molar-refractivity contribution in [2.24, 2.45) is 11.8 Å². The van der Waals surface area contributed by atoms with E-state index in [1.54, 1.807) is 42.3 Å². The van der Waals surface area contributed by atoms with E-state index in [-0.39, 0.29) is 11.8 Å². The lowest BCUT2D eigenvalue weighted by Crippen LogP contribution is -2.34. The van der Waals surface area contributed by atoms with E-state index < -0.39 is 17.8 Å². The van der Waals surface area contributed by atoms with E-state index in [4.69, 9.17) is 0 Å². The summed E-state index contributed by atoms with van der Waals surface area (Å²) in [7, 11) is 1.70. The fourth-order valence-corrected chi connectivity index (χ4v) is 3.27. The molecule has 0 aromatic heterocycles. The summed E-state index contributed by atoms with van der Waals surface area (Å²) in [6, 6.07) is 15.9. The van der Waals surface area contributed by atoms with Gasteiger partial charge < -0.3 is 15.3 Å². The number of carbonyl (C=O) groups is 3. The Morgan fingerprint density at radius 1 is 0.929 bits per heavy atom. The van der Waals surface area contributed by atoms with Crippen LogP contribution in [0.5, 0.6) is 0 Å². The van der Waals surface area contributed by atoms with Crippen molar-refractivity contribution in [2.75, 3.05) is 17.3 Å². The lowest BCUT2D eigenvalue weighted by molar-refractivity contribution is -0.146. The van der Waals surface area contributed by atoms with E-state index >= 15 is 0 Å². The number of benzene rings is 2. The molecule has 2 aromatic carbocycles.